The Labute approximate surface area is 106 Å². The van der Waals surface area contributed by atoms with Crippen LogP contribution in [0.4, 0.5) is 0 Å². The number of nitrogens with zero attached hydrogens (tertiary/aromatic N) is 1. The number of H-pyrrole nitrogens is 1. The highest BCUT2D eigenvalue weighted by atomic mass is 32.2. The molecule has 1 heterocycles. The van der Waals surface area contributed by atoms with Gasteiger partial charge in [-0.1, -0.05) is 37.7 Å². The molecule has 1 aromatic heterocycles. The molecule has 1 aromatic carbocycles. The quantitative estimate of drug-likeness (QED) is 0.801. The molecule has 1 atom stereocenters. The van der Waals surface area contributed by atoms with Crippen molar-refractivity contribution in [3.8, 4) is 0 Å². The van der Waals surface area contributed by atoms with Gasteiger partial charge in [0.1, 0.15) is 0 Å². The van der Waals surface area contributed by atoms with E-state index in [9.17, 15) is 0 Å². The molecule has 0 aliphatic rings. The zero-order chi connectivity index (χ0) is 12.3. The van der Waals surface area contributed by atoms with Crippen molar-refractivity contribution in [2.45, 2.75) is 25.0 Å². The first-order valence-corrected chi connectivity index (χ1v) is 6.94. The smallest absolute Gasteiger partial charge is 0.166 e. The van der Waals surface area contributed by atoms with Gasteiger partial charge in [-0.05, 0) is 25.1 Å². The molecule has 17 heavy (non-hydrogen) atoms. The lowest BCUT2D eigenvalue weighted by Crippen LogP contribution is -2.32. The fraction of sp³-hybridized carbons (Fsp3) is 0.462. The Balaban J connectivity index is 2.03. The first-order chi connectivity index (χ1) is 8.20. The minimum atomic E-state index is 0.521. The molecule has 0 saturated carbocycles. The molecule has 0 bridgehead atoms. The average molecular weight is 249 g/mol. The fourth-order valence-corrected chi connectivity index (χ4v) is 3.01. The molecule has 0 aliphatic heterocycles. The second kappa shape index (κ2) is 5.56. The van der Waals surface area contributed by atoms with E-state index in [0.29, 0.717) is 12.0 Å². The van der Waals surface area contributed by atoms with Crippen LogP contribution in [0.25, 0.3) is 11.0 Å². The summed E-state index contributed by atoms with van der Waals surface area (Å²) in [5, 5.41) is 4.35. The summed E-state index contributed by atoms with van der Waals surface area (Å²) >= 11 is 1.78. The lowest BCUT2D eigenvalue weighted by Gasteiger charge is -2.18. The van der Waals surface area contributed by atoms with E-state index in [1.54, 1.807) is 11.8 Å². The van der Waals surface area contributed by atoms with E-state index >= 15 is 0 Å². The molecule has 0 aliphatic carbocycles. The highest BCUT2D eigenvalue weighted by Gasteiger charge is 2.12. The molecule has 2 N–H and O–H groups in total. The van der Waals surface area contributed by atoms with E-state index in [-0.39, 0.29) is 0 Å². The molecule has 0 spiro atoms. The third kappa shape index (κ3) is 3.01. The zero-order valence-electron chi connectivity index (χ0n) is 10.5. The zero-order valence-corrected chi connectivity index (χ0v) is 11.3. The lowest BCUT2D eigenvalue weighted by atomic mass is 10.1. The van der Waals surface area contributed by atoms with E-state index in [0.717, 1.165) is 21.9 Å². The number of imidazole rings is 1. The summed E-state index contributed by atoms with van der Waals surface area (Å²) in [6, 6.07) is 8.66. The number of rotatable bonds is 5. The Morgan fingerprint density at radius 2 is 2.12 bits per heavy atom. The Hall–Kier alpha value is -1.00. The summed E-state index contributed by atoms with van der Waals surface area (Å²) < 4.78 is 0. The van der Waals surface area contributed by atoms with Crippen molar-refractivity contribution in [2.75, 3.05) is 12.8 Å². The van der Waals surface area contributed by atoms with Crippen molar-refractivity contribution in [1.29, 1.82) is 0 Å². The van der Waals surface area contributed by atoms with Crippen molar-refractivity contribution in [2.24, 2.45) is 5.92 Å². The van der Waals surface area contributed by atoms with Crippen molar-refractivity contribution < 1.29 is 0 Å². The van der Waals surface area contributed by atoms with E-state index in [1.807, 2.05) is 25.2 Å². The first-order valence-electron chi connectivity index (χ1n) is 5.95. The summed E-state index contributed by atoms with van der Waals surface area (Å²) in [6.07, 6.45) is 0. The molecule has 3 nitrogen and oxygen atoms in total. The van der Waals surface area contributed by atoms with Gasteiger partial charge < -0.3 is 10.3 Å². The van der Waals surface area contributed by atoms with Crippen molar-refractivity contribution in [3.05, 3.63) is 24.3 Å². The maximum absolute atomic E-state index is 4.56. The summed E-state index contributed by atoms with van der Waals surface area (Å²) in [4.78, 5) is 7.90. The van der Waals surface area contributed by atoms with Gasteiger partial charge in [-0.25, -0.2) is 4.98 Å². The summed E-state index contributed by atoms with van der Waals surface area (Å²) in [5.41, 5.74) is 2.15. The van der Waals surface area contributed by atoms with Gasteiger partial charge in [-0.15, -0.1) is 0 Å². The minimum Gasteiger partial charge on any atom is -0.333 e. The highest BCUT2D eigenvalue weighted by molar-refractivity contribution is 7.99. The Kier molecular flexibility index (Phi) is 4.07. The number of nitrogens with one attached hydrogen (secondary N) is 2. The number of aromatic amines is 1. The average Bonchev–Trinajstić information content (AvgIpc) is 2.71. The lowest BCUT2D eigenvalue weighted by molar-refractivity contribution is 0.465. The van der Waals surface area contributed by atoms with Crippen LogP contribution in [0.3, 0.4) is 0 Å². The van der Waals surface area contributed by atoms with Gasteiger partial charge in [0.25, 0.3) is 0 Å². The predicted octanol–water partition coefficient (Wildman–Crippen LogP) is 2.90. The van der Waals surface area contributed by atoms with Crippen LogP contribution < -0.4 is 5.32 Å². The molecule has 4 heteroatoms. The summed E-state index contributed by atoms with van der Waals surface area (Å²) in [5.74, 6) is 1.67. The molecular weight excluding hydrogens is 230 g/mol. The molecular formula is C13H19N3S. The Morgan fingerprint density at radius 1 is 1.35 bits per heavy atom. The van der Waals surface area contributed by atoms with Gasteiger partial charge in [0, 0.05) is 11.8 Å². The van der Waals surface area contributed by atoms with E-state index in [1.165, 1.54) is 0 Å². The van der Waals surface area contributed by atoms with Gasteiger partial charge in [0.05, 0.1) is 11.0 Å². The SMILES string of the molecule is CNC(CSc1nc2ccccc2[nH]1)C(C)C. The number of aromatic nitrogens is 2. The second-order valence-electron chi connectivity index (χ2n) is 4.51. The molecule has 2 aromatic rings. The number of benzene rings is 1. The van der Waals surface area contributed by atoms with Crippen LogP contribution in [0.1, 0.15) is 13.8 Å². The number of fused-ring (bicyclic) bond motifs is 1. The topological polar surface area (TPSA) is 40.7 Å². The van der Waals surface area contributed by atoms with Crippen LogP contribution in [0.2, 0.25) is 0 Å². The Morgan fingerprint density at radius 3 is 2.76 bits per heavy atom. The van der Waals surface area contributed by atoms with Crippen molar-refractivity contribution in [1.82, 2.24) is 15.3 Å². The molecule has 1 unspecified atom stereocenters. The third-order valence-electron chi connectivity index (χ3n) is 2.94. The monoisotopic (exact) mass is 249 g/mol. The van der Waals surface area contributed by atoms with Crippen LogP contribution in [-0.2, 0) is 0 Å². The van der Waals surface area contributed by atoms with Crippen molar-refractivity contribution >= 4 is 22.8 Å². The van der Waals surface area contributed by atoms with Crippen LogP contribution in [-0.4, -0.2) is 28.8 Å². The standard InChI is InChI=1S/C13H19N3S/c1-9(2)12(14-3)8-17-13-15-10-6-4-5-7-11(10)16-13/h4-7,9,12,14H,8H2,1-3H3,(H,15,16). The minimum absolute atomic E-state index is 0.521. The van der Waals surface area contributed by atoms with Gasteiger partial charge in [0.15, 0.2) is 5.16 Å². The maximum Gasteiger partial charge on any atom is 0.166 e. The van der Waals surface area contributed by atoms with Gasteiger partial charge >= 0.3 is 0 Å². The number of hydrogen-bond donors (Lipinski definition) is 2. The summed E-state index contributed by atoms with van der Waals surface area (Å²) in [6.45, 7) is 4.47. The van der Waals surface area contributed by atoms with Crippen LogP contribution in [0, 0.1) is 5.92 Å². The molecule has 92 valence electrons. The predicted molar refractivity (Wildman–Crippen MR) is 74.5 cm³/mol. The van der Waals surface area contributed by atoms with E-state index in [2.05, 4.69) is 35.2 Å². The van der Waals surface area contributed by atoms with E-state index < -0.39 is 0 Å². The maximum atomic E-state index is 4.56. The first kappa shape index (κ1) is 12.5. The largest absolute Gasteiger partial charge is 0.333 e. The molecule has 2 rings (SSSR count). The van der Waals surface area contributed by atoms with Crippen LogP contribution in [0.5, 0.6) is 0 Å². The Bertz CT molecular complexity index is 445. The number of para-hydroxylation sites is 2. The summed E-state index contributed by atoms with van der Waals surface area (Å²) in [7, 11) is 2.02. The second-order valence-corrected chi connectivity index (χ2v) is 5.52. The highest BCUT2D eigenvalue weighted by Crippen LogP contribution is 2.21. The normalized spacial score (nSPS) is 13.4. The number of hydrogen-bond acceptors (Lipinski definition) is 3. The molecule has 0 amide bonds. The van der Waals surface area contributed by atoms with Crippen LogP contribution in [0.15, 0.2) is 29.4 Å². The molecule has 0 fully saturated rings. The van der Waals surface area contributed by atoms with Crippen LogP contribution >= 0.6 is 11.8 Å². The molecule has 0 radical (unpaired) electrons. The van der Waals surface area contributed by atoms with E-state index in [4.69, 9.17) is 0 Å². The molecule has 0 saturated heterocycles. The van der Waals surface area contributed by atoms with Gasteiger partial charge in [-0.2, -0.15) is 0 Å². The third-order valence-corrected chi connectivity index (χ3v) is 3.94. The number of thioether (sulfide) groups is 1. The fourth-order valence-electron chi connectivity index (χ4n) is 1.78. The van der Waals surface area contributed by atoms with Gasteiger partial charge in [0.2, 0.25) is 0 Å². The van der Waals surface area contributed by atoms with Gasteiger partial charge in [-0.3, -0.25) is 0 Å². The van der Waals surface area contributed by atoms with Crippen molar-refractivity contribution in [3.63, 3.8) is 0 Å².